The Balaban J connectivity index is 1.77. The summed E-state index contributed by atoms with van der Waals surface area (Å²) in [7, 11) is 0. The van der Waals surface area contributed by atoms with Crippen LogP contribution >= 0.6 is 0 Å². The molecule has 3 rings (SSSR count). The van der Waals surface area contributed by atoms with Crippen LogP contribution in [0.4, 0.5) is 10.5 Å². The van der Waals surface area contributed by atoms with Gasteiger partial charge < -0.3 is 5.32 Å². The van der Waals surface area contributed by atoms with Gasteiger partial charge in [0.2, 0.25) is 0 Å². The van der Waals surface area contributed by atoms with E-state index < -0.39 is 22.4 Å². The first kappa shape index (κ1) is 21.2. The summed E-state index contributed by atoms with van der Waals surface area (Å²) < 4.78 is 0. The molecule has 0 bridgehead atoms. The maximum Gasteiger partial charge on any atom is 0.325 e. The van der Waals surface area contributed by atoms with Gasteiger partial charge in [-0.3, -0.25) is 24.6 Å². The van der Waals surface area contributed by atoms with Crippen LogP contribution in [0.5, 0.6) is 0 Å². The number of Topliss-reactive ketones (excluding diaryl/α,β-unsaturated/α-hetero) is 1. The molecule has 0 radical (unpaired) electrons. The molecule has 0 spiro atoms. The Morgan fingerprint density at radius 2 is 1.73 bits per heavy atom. The Morgan fingerprint density at radius 1 is 1.13 bits per heavy atom. The number of carbonyl (C=O) groups is 3. The van der Waals surface area contributed by atoms with Crippen LogP contribution in [0.3, 0.4) is 0 Å². The van der Waals surface area contributed by atoms with Gasteiger partial charge in [0.25, 0.3) is 11.6 Å². The van der Waals surface area contributed by atoms with Gasteiger partial charge in [0.15, 0.2) is 5.78 Å². The van der Waals surface area contributed by atoms with E-state index in [-0.39, 0.29) is 18.0 Å². The topological polar surface area (TPSA) is 110 Å². The second-order valence-electron chi connectivity index (χ2n) is 7.60. The summed E-state index contributed by atoms with van der Waals surface area (Å²) in [4.78, 5) is 49.2. The standard InChI is InChI=1S/C22H23N3O5/c1-4-14(2)15-5-7-16(8-6-15)19(26)13-24-20(27)22(3,23-21(24)28)17-9-11-18(12-10-17)25(29)30/h5-12,14H,4,13H2,1-3H3,(H,23,28). The molecule has 1 aliphatic heterocycles. The van der Waals surface area contributed by atoms with Crippen molar-refractivity contribution in [2.24, 2.45) is 0 Å². The number of imide groups is 1. The van der Waals surface area contributed by atoms with Crippen LogP contribution in [0.2, 0.25) is 0 Å². The Labute approximate surface area is 174 Å². The summed E-state index contributed by atoms with van der Waals surface area (Å²) in [5.41, 5.74) is 0.431. The van der Waals surface area contributed by atoms with Gasteiger partial charge >= 0.3 is 6.03 Å². The number of nitrogens with one attached hydrogen (secondary N) is 1. The van der Waals surface area contributed by atoms with Crippen molar-refractivity contribution in [2.75, 3.05) is 6.54 Å². The number of hydrogen-bond acceptors (Lipinski definition) is 5. The first-order valence-electron chi connectivity index (χ1n) is 9.69. The van der Waals surface area contributed by atoms with Gasteiger partial charge in [0.1, 0.15) is 5.54 Å². The molecule has 1 saturated heterocycles. The molecule has 0 saturated carbocycles. The van der Waals surface area contributed by atoms with Crippen LogP contribution in [0.25, 0.3) is 0 Å². The van der Waals surface area contributed by atoms with E-state index in [2.05, 4.69) is 19.2 Å². The monoisotopic (exact) mass is 409 g/mol. The van der Waals surface area contributed by atoms with Gasteiger partial charge in [0.05, 0.1) is 11.5 Å². The van der Waals surface area contributed by atoms with Crippen LogP contribution < -0.4 is 5.32 Å². The minimum Gasteiger partial charge on any atom is -0.319 e. The van der Waals surface area contributed by atoms with Crippen LogP contribution in [-0.4, -0.2) is 34.1 Å². The van der Waals surface area contributed by atoms with E-state index in [4.69, 9.17) is 0 Å². The summed E-state index contributed by atoms with van der Waals surface area (Å²) in [5, 5.41) is 13.4. The molecule has 0 aliphatic carbocycles. The number of benzene rings is 2. The first-order valence-corrected chi connectivity index (χ1v) is 9.69. The zero-order chi connectivity index (χ0) is 22.1. The third-order valence-corrected chi connectivity index (χ3v) is 5.65. The van der Waals surface area contributed by atoms with Crippen molar-refractivity contribution in [1.29, 1.82) is 0 Å². The SMILES string of the molecule is CCC(C)c1ccc(C(=O)CN2C(=O)NC(C)(c3ccc([N+](=O)[O-])cc3)C2=O)cc1. The largest absolute Gasteiger partial charge is 0.325 e. The van der Waals surface area contributed by atoms with Crippen molar-refractivity contribution in [1.82, 2.24) is 10.2 Å². The van der Waals surface area contributed by atoms with E-state index >= 15 is 0 Å². The van der Waals surface area contributed by atoms with Gasteiger partial charge in [-0.25, -0.2) is 4.79 Å². The predicted octanol–water partition coefficient (Wildman–Crippen LogP) is 3.76. The molecule has 2 atom stereocenters. The fourth-order valence-corrected chi connectivity index (χ4v) is 3.42. The van der Waals surface area contributed by atoms with Gasteiger partial charge in [-0.15, -0.1) is 0 Å². The summed E-state index contributed by atoms with van der Waals surface area (Å²) in [6.07, 6.45) is 0.983. The van der Waals surface area contributed by atoms with Gasteiger partial charge in [-0.2, -0.15) is 0 Å². The normalized spacial score (nSPS) is 19.5. The van der Waals surface area contributed by atoms with Crippen LogP contribution in [0, 0.1) is 10.1 Å². The van der Waals surface area contributed by atoms with Gasteiger partial charge in [-0.05, 0) is 42.5 Å². The van der Waals surface area contributed by atoms with Crippen molar-refractivity contribution < 1.29 is 19.3 Å². The van der Waals surface area contributed by atoms with Crippen molar-refractivity contribution in [3.05, 3.63) is 75.3 Å². The highest BCUT2D eigenvalue weighted by molar-refractivity contribution is 6.11. The quantitative estimate of drug-likeness (QED) is 0.324. The number of nitrogens with zero attached hydrogens (tertiary/aromatic N) is 2. The molecule has 1 heterocycles. The fraction of sp³-hybridized carbons (Fsp3) is 0.318. The lowest BCUT2D eigenvalue weighted by Crippen LogP contribution is -2.41. The second kappa shape index (κ2) is 8.06. The number of hydrogen-bond donors (Lipinski definition) is 1. The van der Waals surface area contributed by atoms with E-state index in [0.717, 1.165) is 16.9 Å². The lowest BCUT2D eigenvalue weighted by molar-refractivity contribution is -0.384. The van der Waals surface area contributed by atoms with E-state index in [9.17, 15) is 24.5 Å². The molecule has 156 valence electrons. The Kier molecular flexibility index (Phi) is 5.69. The van der Waals surface area contributed by atoms with E-state index in [1.807, 2.05) is 12.1 Å². The molecule has 3 amide bonds. The molecule has 1 fully saturated rings. The van der Waals surface area contributed by atoms with Crippen molar-refractivity contribution in [3.63, 3.8) is 0 Å². The minimum absolute atomic E-state index is 0.119. The Bertz CT molecular complexity index is 1000. The molecule has 30 heavy (non-hydrogen) atoms. The fourth-order valence-electron chi connectivity index (χ4n) is 3.42. The molecular weight excluding hydrogens is 386 g/mol. The lowest BCUT2D eigenvalue weighted by Gasteiger charge is -2.22. The highest BCUT2D eigenvalue weighted by Crippen LogP contribution is 2.30. The summed E-state index contributed by atoms with van der Waals surface area (Å²) in [6, 6.07) is 11.9. The Morgan fingerprint density at radius 3 is 2.27 bits per heavy atom. The van der Waals surface area contributed by atoms with E-state index in [1.165, 1.54) is 31.2 Å². The highest BCUT2D eigenvalue weighted by atomic mass is 16.6. The predicted molar refractivity (Wildman–Crippen MR) is 110 cm³/mol. The lowest BCUT2D eigenvalue weighted by atomic mass is 9.92. The molecule has 0 aromatic heterocycles. The van der Waals surface area contributed by atoms with Crippen LogP contribution in [-0.2, 0) is 10.3 Å². The number of nitro groups is 1. The summed E-state index contributed by atoms with van der Waals surface area (Å²) in [6.45, 7) is 5.32. The maximum absolute atomic E-state index is 13.0. The number of non-ortho nitro benzene ring substituents is 1. The molecular formula is C22H23N3O5. The molecule has 8 heteroatoms. The number of urea groups is 1. The zero-order valence-electron chi connectivity index (χ0n) is 17.0. The smallest absolute Gasteiger partial charge is 0.319 e. The maximum atomic E-state index is 13.0. The zero-order valence-corrected chi connectivity index (χ0v) is 17.0. The average Bonchev–Trinajstić information content (AvgIpc) is 2.97. The number of ketones is 1. The average molecular weight is 409 g/mol. The van der Waals surface area contributed by atoms with Crippen LogP contribution in [0.1, 0.15) is 54.6 Å². The Hall–Kier alpha value is -3.55. The second-order valence-corrected chi connectivity index (χ2v) is 7.60. The third-order valence-electron chi connectivity index (χ3n) is 5.65. The van der Waals surface area contributed by atoms with Gasteiger partial charge in [0, 0.05) is 17.7 Å². The number of amides is 3. The molecule has 2 aromatic rings. The molecule has 8 nitrogen and oxygen atoms in total. The van der Waals surface area contributed by atoms with Gasteiger partial charge in [-0.1, -0.05) is 38.1 Å². The molecule has 2 aromatic carbocycles. The van der Waals surface area contributed by atoms with E-state index in [1.54, 1.807) is 12.1 Å². The molecule has 1 N–H and O–H groups in total. The molecule has 1 aliphatic rings. The first-order chi connectivity index (χ1) is 14.2. The van der Waals surface area contributed by atoms with Crippen LogP contribution in [0.15, 0.2) is 48.5 Å². The highest BCUT2D eigenvalue weighted by Gasteiger charge is 2.49. The molecule has 2 unspecified atom stereocenters. The minimum atomic E-state index is -1.40. The number of nitro benzene ring substituents is 1. The third kappa shape index (κ3) is 3.80. The van der Waals surface area contributed by atoms with E-state index in [0.29, 0.717) is 17.0 Å². The summed E-state index contributed by atoms with van der Waals surface area (Å²) >= 11 is 0. The van der Waals surface area contributed by atoms with Crippen molar-refractivity contribution >= 4 is 23.4 Å². The van der Waals surface area contributed by atoms with Crippen molar-refractivity contribution in [3.8, 4) is 0 Å². The summed E-state index contributed by atoms with van der Waals surface area (Å²) in [5.74, 6) is -0.546. The number of rotatable bonds is 7. The van der Waals surface area contributed by atoms with Crippen molar-refractivity contribution in [2.45, 2.75) is 38.6 Å². The number of carbonyl (C=O) groups excluding carboxylic acids is 3.